The molecule has 2 amide bonds. The molecule has 4 aromatic carbocycles. The number of benzene rings is 4. The van der Waals surface area contributed by atoms with Crippen LogP contribution in [-0.2, 0) is 9.59 Å². The van der Waals surface area contributed by atoms with Crippen molar-refractivity contribution in [2.75, 3.05) is 62.2 Å². The van der Waals surface area contributed by atoms with Crippen molar-refractivity contribution >= 4 is 34.1 Å². The number of hydrogen-bond donors (Lipinski definition) is 2. The number of aryl methyl sites for hydroxylation is 1. The number of ether oxygens (including phenoxy) is 1. The van der Waals surface area contributed by atoms with Gasteiger partial charge in [0.05, 0.1) is 23.5 Å². The number of piperazine rings is 1. The number of aromatic hydroxyl groups is 1. The van der Waals surface area contributed by atoms with Crippen LogP contribution in [0.4, 0.5) is 15.8 Å². The largest absolute Gasteiger partial charge is 0.508 e. The van der Waals surface area contributed by atoms with Crippen LogP contribution in [0.25, 0.3) is 10.9 Å². The number of nitrogens with one attached hydrogen (secondary N) is 1. The lowest BCUT2D eigenvalue weighted by Gasteiger charge is -2.40. The molecule has 3 saturated heterocycles. The van der Waals surface area contributed by atoms with Crippen molar-refractivity contribution in [3.63, 3.8) is 0 Å². The van der Waals surface area contributed by atoms with Crippen molar-refractivity contribution in [2.45, 2.75) is 50.5 Å². The Morgan fingerprint density at radius 2 is 1.65 bits per heavy atom. The van der Waals surface area contributed by atoms with Gasteiger partial charge in [-0.3, -0.25) is 24.5 Å². The molecule has 4 aliphatic rings. The average molecular weight is 743 g/mol. The number of nitrogens with zero attached hydrogens (tertiary/aromatic N) is 5. The Morgan fingerprint density at radius 1 is 0.855 bits per heavy atom. The lowest BCUT2D eigenvalue weighted by Crippen LogP contribution is -2.49. The van der Waals surface area contributed by atoms with E-state index in [-0.39, 0.29) is 35.2 Å². The van der Waals surface area contributed by atoms with Crippen molar-refractivity contribution in [2.24, 2.45) is 5.92 Å². The third-order valence-corrected chi connectivity index (χ3v) is 12.3. The van der Waals surface area contributed by atoms with E-state index in [0.717, 1.165) is 97.6 Å². The Kier molecular flexibility index (Phi) is 9.41. The standard InChI is InChI=1S/C44H47FN6O4/c1-28-35-24-32(8-12-38(35)51(47-28)40-13-14-42(53)46-44(40)54)49-21-19-48(20-22-49)26-29-15-17-50(18-16-29)39-11-7-31(23-37(39)45)43-34-10-9-33(52)25-41(34)55-27-36(43)30-5-3-2-4-6-30/h2-12,23-25,29,36,40,43,52H,13-22,26-27H2,1H3,(H,46,53,54)/t36-,40?,43-/m1/s1. The molecular weight excluding hydrogens is 696 g/mol. The van der Waals surface area contributed by atoms with E-state index in [2.05, 4.69) is 56.4 Å². The van der Waals surface area contributed by atoms with E-state index in [0.29, 0.717) is 36.8 Å². The van der Waals surface area contributed by atoms with Crippen molar-refractivity contribution in [3.8, 4) is 11.5 Å². The zero-order valence-electron chi connectivity index (χ0n) is 31.2. The number of phenolic OH excluding ortho intramolecular Hbond substituents is 1. The second kappa shape index (κ2) is 14.7. The summed E-state index contributed by atoms with van der Waals surface area (Å²) in [4.78, 5) is 31.5. The smallest absolute Gasteiger partial charge is 0.251 e. The molecule has 0 bridgehead atoms. The van der Waals surface area contributed by atoms with E-state index in [9.17, 15) is 14.7 Å². The normalized spacial score (nSPS) is 22.4. The molecule has 5 aromatic rings. The number of carbonyl (C=O) groups excluding carboxylic acids is 2. The van der Waals surface area contributed by atoms with Crippen molar-refractivity contribution in [1.29, 1.82) is 0 Å². The van der Waals surface area contributed by atoms with Crippen molar-refractivity contribution < 1.29 is 23.8 Å². The number of aromatic nitrogens is 2. The van der Waals surface area contributed by atoms with Crippen LogP contribution in [0, 0.1) is 18.7 Å². The fraction of sp³-hybridized carbons (Fsp3) is 0.386. The maximum atomic E-state index is 16.1. The van der Waals surface area contributed by atoms with Gasteiger partial charge in [-0.1, -0.05) is 42.5 Å². The molecule has 11 heteroatoms. The molecule has 10 nitrogen and oxygen atoms in total. The number of halogens is 1. The molecular formula is C44H47FN6O4. The molecule has 5 heterocycles. The minimum absolute atomic E-state index is 0.0194. The zero-order chi connectivity index (χ0) is 37.6. The Morgan fingerprint density at radius 3 is 2.42 bits per heavy atom. The topological polar surface area (TPSA) is 103 Å². The van der Waals surface area contributed by atoms with Crippen LogP contribution in [0.5, 0.6) is 11.5 Å². The fourth-order valence-electron chi connectivity index (χ4n) is 9.31. The Bertz CT molecular complexity index is 2230. The quantitative estimate of drug-likeness (QED) is 0.182. The maximum absolute atomic E-state index is 16.1. The van der Waals surface area contributed by atoms with E-state index in [1.807, 2.05) is 37.3 Å². The molecule has 284 valence electrons. The molecule has 3 atom stereocenters. The summed E-state index contributed by atoms with van der Waals surface area (Å²) in [5.74, 6) is 0.601. The number of amides is 2. The first-order valence-corrected chi connectivity index (χ1v) is 19.6. The van der Waals surface area contributed by atoms with Gasteiger partial charge in [-0.05, 0) is 79.6 Å². The summed E-state index contributed by atoms with van der Waals surface area (Å²) in [6.07, 6.45) is 2.84. The van der Waals surface area contributed by atoms with E-state index in [1.165, 1.54) is 0 Å². The highest BCUT2D eigenvalue weighted by molar-refractivity contribution is 6.00. The van der Waals surface area contributed by atoms with Gasteiger partial charge < -0.3 is 19.6 Å². The van der Waals surface area contributed by atoms with Crippen LogP contribution < -0.4 is 19.9 Å². The minimum atomic E-state index is -0.471. The molecule has 0 spiro atoms. The number of fused-ring (bicyclic) bond motifs is 2. The van der Waals surface area contributed by atoms with Crippen LogP contribution >= 0.6 is 0 Å². The first-order valence-electron chi connectivity index (χ1n) is 19.6. The lowest BCUT2D eigenvalue weighted by molar-refractivity contribution is -0.135. The molecule has 3 fully saturated rings. The number of hydrogen-bond acceptors (Lipinski definition) is 8. The van der Waals surface area contributed by atoms with Gasteiger partial charge in [0.2, 0.25) is 5.91 Å². The molecule has 0 aliphatic carbocycles. The summed E-state index contributed by atoms with van der Waals surface area (Å²) >= 11 is 0. The predicted octanol–water partition coefficient (Wildman–Crippen LogP) is 6.51. The van der Waals surface area contributed by atoms with Gasteiger partial charge >= 0.3 is 0 Å². The first kappa shape index (κ1) is 35.3. The number of phenols is 1. The summed E-state index contributed by atoms with van der Waals surface area (Å²) < 4.78 is 24.0. The monoisotopic (exact) mass is 742 g/mol. The Labute approximate surface area is 320 Å². The lowest BCUT2D eigenvalue weighted by atomic mass is 9.76. The summed E-state index contributed by atoms with van der Waals surface area (Å²) in [5.41, 5.74) is 6.65. The highest BCUT2D eigenvalue weighted by Crippen LogP contribution is 2.47. The maximum Gasteiger partial charge on any atom is 0.251 e. The summed E-state index contributed by atoms with van der Waals surface area (Å²) in [7, 11) is 0. The van der Waals surface area contributed by atoms with Gasteiger partial charge in [0.15, 0.2) is 0 Å². The summed E-state index contributed by atoms with van der Waals surface area (Å²) in [5, 5.41) is 18.3. The number of imide groups is 1. The fourth-order valence-corrected chi connectivity index (χ4v) is 9.31. The second-order valence-corrected chi connectivity index (χ2v) is 15.7. The minimum Gasteiger partial charge on any atom is -0.508 e. The third kappa shape index (κ3) is 6.90. The molecule has 0 saturated carbocycles. The van der Waals surface area contributed by atoms with E-state index in [1.54, 1.807) is 22.9 Å². The molecule has 1 unspecified atom stereocenters. The van der Waals surface area contributed by atoms with Gasteiger partial charge in [0.25, 0.3) is 5.91 Å². The Balaban J connectivity index is 0.811. The van der Waals surface area contributed by atoms with Gasteiger partial charge in [-0.25, -0.2) is 4.39 Å². The highest BCUT2D eigenvalue weighted by Gasteiger charge is 2.35. The predicted molar refractivity (Wildman–Crippen MR) is 211 cm³/mol. The Hall–Kier alpha value is -5.42. The van der Waals surface area contributed by atoms with E-state index < -0.39 is 6.04 Å². The molecule has 9 rings (SSSR count). The van der Waals surface area contributed by atoms with Crippen LogP contribution in [-0.4, -0.2) is 84.0 Å². The number of rotatable bonds is 7. The van der Waals surface area contributed by atoms with Gasteiger partial charge in [0.1, 0.15) is 23.4 Å². The molecule has 0 radical (unpaired) electrons. The van der Waals surface area contributed by atoms with Crippen LogP contribution in [0.3, 0.4) is 0 Å². The molecule has 4 aliphatic heterocycles. The van der Waals surface area contributed by atoms with Gasteiger partial charge in [0, 0.05) is 86.8 Å². The van der Waals surface area contributed by atoms with Gasteiger partial charge in [-0.15, -0.1) is 0 Å². The van der Waals surface area contributed by atoms with Crippen molar-refractivity contribution in [1.82, 2.24) is 20.0 Å². The molecule has 55 heavy (non-hydrogen) atoms. The summed E-state index contributed by atoms with van der Waals surface area (Å²) in [6.45, 7) is 8.99. The van der Waals surface area contributed by atoms with E-state index in [4.69, 9.17) is 9.84 Å². The summed E-state index contributed by atoms with van der Waals surface area (Å²) in [6, 6.07) is 27.2. The molecule has 1 aromatic heterocycles. The molecule has 2 N–H and O–H groups in total. The van der Waals surface area contributed by atoms with Crippen LogP contribution in [0.15, 0.2) is 84.9 Å². The van der Waals surface area contributed by atoms with E-state index >= 15 is 4.39 Å². The van der Waals surface area contributed by atoms with Crippen LogP contribution in [0.1, 0.15) is 65.9 Å². The SMILES string of the molecule is Cc1nn(C2CCC(=O)NC2=O)c2ccc(N3CCN(CC4CCN(c5ccc([C@@H]6c7ccc(O)cc7OC[C@@H]6c6ccccc6)cc5F)CC4)CC3)cc12. The number of carbonyl (C=O) groups is 2. The van der Waals surface area contributed by atoms with Crippen molar-refractivity contribution in [3.05, 3.63) is 113 Å². The van der Waals surface area contributed by atoms with Gasteiger partial charge in [-0.2, -0.15) is 5.10 Å². The van der Waals surface area contributed by atoms with Crippen LogP contribution in [0.2, 0.25) is 0 Å². The number of piperidine rings is 2. The average Bonchev–Trinajstić information content (AvgIpc) is 3.53. The zero-order valence-corrected chi connectivity index (χ0v) is 31.2. The second-order valence-electron chi connectivity index (χ2n) is 15.7. The number of anilines is 2. The first-order chi connectivity index (χ1) is 26.8. The highest BCUT2D eigenvalue weighted by atomic mass is 19.1. The third-order valence-electron chi connectivity index (χ3n) is 12.3.